The number of methoxy groups -OCH3 is 2. The summed E-state index contributed by atoms with van der Waals surface area (Å²) >= 11 is 0. The summed E-state index contributed by atoms with van der Waals surface area (Å²) < 4.78 is 16.4. The molecule has 29 heavy (non-hydrogen) atoms. The number of ether oxygens (including phenoxy) is 3. The van der Waals surface area contributed by atoms with E-state index in [9.17, 15) is 0 Å². The summed E-state index contributed by atoms with van der Waals surface area (Å²) in [5, 5.41) is 3.59. The fourth-order valence-electron chi connectivity index (χ4n) is 3.49. The van der Waals surface area contributed by atoms with Gasteiger partial charge in [0.05, 0.1) is 20.8 Å². The van der Waals surface area contributed by atoms with Gasteiger partial charge < -0.3 is 19.5 Å². The molecular formula is C25H37NO3. The fourth-order valence-corrected chi connectivity index (χ4v) is 3.49. The van der Waals surface area contributed by atoms with Crippen LogP contribution in [0, 0.1) is 5.92 Å². The fraction of sp³-hybridized carbons (Fsp3) is 0.520. The van der Waals surface area contributed by atoms with Crippen LogP contribution in [0.15, 0.2) is 42.5 Å². The van der Waals surface area contributed by atoms with Crippen LogP contribution in [0.4, 0.5) is 0 Å². The van der Waals surface area contributed by atoms with Gasteiger partial charge >= 0.3 is 0 Å². The number of hydrogen-bond acceptors (Lipinski definition) is 4. The minimum atomic E-state index is 0.561. The molecule has 0 bridgehead atoms. The minimum absolute atomic E-state index is 0.561. The maximum absolute atomic E-state index is 5.60. The van der Waals surface area contributed by atoms with Gasteiger partial charge in [0.2, 0.25) is 0 Å². The van der Waals surface area contributed by atoms with Crippen molar-refractivity contribution in [1.82, 2.24) is 5.32 Å². The topological polar surface area (TPSA) is 39.7 Å². The van der Waals surface area contributed by atoms with Gasteiger partial charge in [-0.05, 0) is 73.5 Å². The first-order valence-corrected chi connectivity index (χ1v) is 10.7. The Morgan fingerprint density at radius 2 is 1.62 bits per heavy atom. The normalized spacial score (nSPS) is 12.1. The third-order valence-electron chi connectivity index (χ3n) is 5.21. The largest absolute Gasteiger partial charge is 0.497 e. The highest BCUT2D eigenvalue weighted by molar-refractivity contribution is 5.43. The van der Waals surface area contributed by atoms with Crippen molar-refractivity contribution in [3.8, 4) is 17.2 Å². The average Bonchev–Trinajstić information content (AvgIpc) is 2.74. The van der Waals surface area contributed by atoms with E-state index < -0.39 is 0 Å². The summed E-state index contributed by atoms with van der Waals surface area (Å²) in [4.78, 5) is 0. The van der Waals surface area contributed by atoms with Crippen LogP contribution >= 0.6 is 0 Å². The predicted molar refractivity (Wildman–Crippen MR) is 120 cm³/mol. The lowest BCUT2D eigenvalue weighted by atomic mass is 9.88. The molecule has 2 rings (SSSR count). The molecule has 0 unspecified atom stereocenters. The number of nitrogens with one attached hydrogen (secondary N) is 1. The third kappa shape index (κ3) is 7.62. The summed E-state index contributed by atoms with van der Waals surface area (Å²) in [5.41, 5.74) is 2.60. The lowest BCUT2D eigenvalue weighted by Gasteiger charge is -2.19. The van der Waals surface area contributed by atoms with Crippen molar-refractivity contribution in [3.63, 3.8) is 0 Å². The number of hydrogen-bond donors (Lipinski definition) is 1. The molecule has 2 aromatic carbocycles. The molecule has 0 saturated heterocycles. The Morgan fingerprint density at radius 1 is 0.862 bits per heavy atom. The van der Waals surface area contributed by atoms with Gasteiger partial charge in [-0.15, -0.1) is 0 Å². The van der Waals surface area contributed by atoms with E-state index in [1.807, 2.05) is 13.0 Å². The molecule has 0 spiro atoms. The van der Waals surface area contributed by atoms with E-state index in [-0.39, 0.29) is 0 Å². The third-order valence-corrected chi connectivity index (χ3v) is 5.21. The quantitative estimate of drug-likeness (QED) is 0.432. The molecule has 160 valence electrons. The zero-order valence-electron chi connectivity index (χ0n) is 18.7. The Labute approximate surface area is 176 Å². The van der Waals surface area contributed by atoms with E-state index in [4.69, 9.17) is 14.2 Å². The Hall–Kier alpha value is -2.20. The van der Waals surface area contributed by atoms with E-state index >= 15 is 0 Å². The van der Waals surface area contributed by atoms with Gasteiger partial charge in [0.1, 0.15) is 5.75 Å². The molecule has 0 heterocycles. The van der Waals surface area contributed by atoms with E-state index in [2.05, 4.69) is 55.6 Å². The highest BCUT2D eigenvalue weighted by atomic mass is 16.5. The second kappa shape index (κ2) is 12.4. The molecule has 0 fully saturated rings. The lowest BCUT2D eigenvalue weighted by molar-refractivity contribution is 0.310. The first-order valence-electron chi connectivity index (χ1n) is 10.7. The SMILES string of the molecule is CCOc1ccc(CNCC[C@@H](CCC(C)C)c2ccc(OC)cc2)cc1OC. The number of benzene rings is 2. The van der Waals surface area contributed by atoms with Crippen molar-refractivity contribution >= 4 is 0 Å². The van der Waals surface area contributed by atoms with E-state index in [1.165, 1.54) is 24.0 Å². The molecule has 0 amide bonds. The van der Waals surface area contributed by atoms with Gasteiger partial charge in [-0.2, -0.15) is 0 Å². The van der Waals surface area contributed by atoms with Crippen molar-refractivity contribution in [2.75, 3.05) is 27.4 Å². The van der Waals surface area contributed by atoms with Gasteiger partial charge in [0.25, 0.3) is 0 Å². The lowest BCUT2D eigenvalue weighted by Crippen LogP contribution is -2.17. The van der Waals surface area contributed by atoms with Crippen LogP contribution in [0.25, 0.3) is 0 Å². The standard InChI is InChI=1S/C25H37NO3/c1-6-29-24-14-8-20(17-25(24)28-5)18-26-16-15-22(9-7-19(2)3)21-10-12-23(27-4)13-11-21/h8,10-14,17,19,22,26H,6-7,9,15-16,18H2,1-5H3/t22-/m1/s1. The van der Waals surface area contributed by atoms with Crippen molar-refractivity contribution in [2.24, 2.45) is 5.92 Å². The van der Waals surface area contributed by atoms with Crippen molar-refractivity contribution < 1.29 is 14.2 Å². The van der Waals surface area contributed by atoms with Gasteiger partial charge in [-0.25, -0.2) is 0 Å². The molecule has 0 saturated carbocycles. The summed E-state index contributed by atoms with van der Waals surface area (Å²) in [7, 11) is 3.40. The predicted octanol–water partition coefficient (Wildman–Crippen LogP) is 5.80. The molecule has 4 nitrogen and oxygen atoms in total. The summed E-state index contributed by atoms with van der Waals surface area (Å²) in [6, 6.07) is 14.7. The van der Waals surface area contributed by atoms with Gasteiger partial charge in [0, 0.05) is 6.54 Å². The smallest absolute Gasteiger partial charge is 0.161 e. The molecule has 0 aliphatic heterocycles. The first-order chi connectivity index (χ1) is 14.1. The Morgan fingerprint density at radius 3 is 2.24 bits per heavy atom. The van der Waals surface area contributed by atoms with Crippen LogP contribution in [0.5, 0.6) is 17.2 Å². The van der Waals surface area contributed by atoms with Crippen LogP contribution in [0.3, 0.4) is 0 Å². The molecule has 1 atom stereocenters. The molecule has 0 aliphatic carbocycles. The van der Waals surface area contributed by atoms with E-state index in [1.54, 1.807) is 14.2 Å². The van der Waals surface area contributed by atoms with Crippen LogP contribution in [0.1, 0.15) is 57.1 Å². The molecular weight excluding hydrogens is 362 g/mol. The average molecular weight is 400 g/mol. The first kappa shape index (κ1) is 23.1. The molecule has 0 radical (unpaired) electrons. The van der Waals surface area contributed by atoms with Gasteiger partial charge in [-0.3, -0.25) is 0 Å². The van der Waals surface area contributed by atoms with E-state index in [0.29, 0.717) is 12.5 Å². The molecule has 0 aliphatic rings. The van der Waals surface area contributed by atoms with E-state index in [0.717, 1.165) is 42.7 Å². The summed E-state index contributed by atoms with van der Waals surface area (Å²) in [5.74, 6) is 3.79. The highest BCUT2D eigenvalue weighted by Gasteiger charge is 2.13. The maximum Gasteiger partial charge on any atom is 0.161 e. The second-order valence-electron chi connectivity index (χ2n) is 7.82. The van der Waals surface area contributed by atoms with Crippen molar-refractivity contribution in [3.05, 3.63) is 53.6 Å². The Kier molecular flexibility index (Phi) is 9.85. The van der Waals surface area contributed by atoms with Crippen LogP contribution < -0.4 is 19.5 Å². The Balaban J connectivity index is 1.91. The number of rotatable bonds is 13. The summed E-state index contributed by atoms with van der Waals surface area (Å²) in [6.45, 7) is 9.00. The van der Waals surface area contributed by atoms with Crippen LogP contribution in [0.2, 0.25) is 0 Å². The maximum atomic E-state index is 5.60. The van der Waals surface area contributed by atoms with Gasteiger partial charge in [0.15, 0.2) is 11.5 Å². The highest BCUT2D eigenvalue weighted by Crippen LogP contribution is 2.29. The minimum Gasteiger partial charge on any atom is -0.497 e. The van der Waals surface area contributed by atoms with Crippen molar-refractivity contribution in [2.45, 2.75) is 52.5 Å². The zero-order valence-corrected chi connectivity index (χ0v) is 18.7. The van der Waals surface area contributed by atoms with Crippen molar-refractivity contribution in [1.29, 1.82) is 0 Å². The van der Waals surface area contributed by atoms with Crippen LogP contribution in [-0.4, -0.2) is 27.4 Å². The Bertz CT molecular complexity index is 713. The molecule has 0 aromatic heterocycles. The molecule has 4 heteroatoms. The monoisotopic (exact) mass is 399 g/mol. The van der Waals surface area contributed by atoms with Crippen LogP contribution in [-0.2, 0) is 6.54 Å². The van der Waals surface area contributed by atoms with Gasteiger partial charge in [-0.1, -0.05) is 38.5 Å². The second-order valence-corrected chi connectivity index (χ2v) is 7.82. The zero-order chi connectivity index (χ0) is 21.1. The summed E-state index contributed by atoms with van der Waals surface area (Å²) in [6.07, 6.45) is 3.57. The molecule has 1 N–H and O–H groups in total. The molecule has 2 aromatic rings.